The number of hydrogen-bond donors (Lipinski definition) is 1. The summed E-state index contributed by atoms with van der Waals surface area (Å²) in [5.74, 6) is 0. The normalized spacial score (nSPS) is 13.3. The van der Waals surface area contributed by atoms with E-state index in [2.05, 4.69) is 4.74 Å². The SMILES string of the molecule is NC/C=C\C=C/COC(F)(F)F. The van der Waals surface area contributed by atoms with Crippen LogP contribution in [0.5, 0.6) is 0 Å². The van der Waals surface area contributed by atoms with Crippen LogP contribution in [0.25, 0.3) is 0 Å². The van der Waals surface area contributed by atoms with Crippen molar-refractivity contribution in [2.45, 2.75) is 6.36 Å². The highest BCUT2D eigenvalue weighted by Gasteiger charge is 2.27. The molecule has 0 bridgehead atoms. The summed E-state index contributed by atoms with van der Waals surface area (Å²) >= 11 is 0. The summed E-state index contributed by atoms with van der Waals surface area (Å²) in [6.45, 7) is -0.108. The maximum atomic E-state index is 11.3. The zero-order valence-corrected chi connectivity index (χ0v) is 6.34. The molecule has 2 nitrogen and oxygen atoms in total. The second-order valence-electron chi connectivity index (χ2n) is 1.85. The molecule has 0 amide bonds. The van der Waals surface area contributed by atoms with Crippen molar-refractivity contribution < 1.29 is 17.9 Å². The molecular formula is C7H10F3NO. The van der Waals surface area contributed by atoms with E-state index in [9.17, 15) is 13.2 Å². The Kier molecular flexibility index (Phi) is 5.40. The van der Waals surface area contributed by atoms with Crippen molar-refractivity contribution in [3.63, 3.8) is 0 Å². The Morgan fingerprint density at radius 2 is 1.75 bits per heavy atom. The molecule has 0 spiro atoms. The highest BCUT2D eigenvalue weighted by molar-refractivity contribution is 5.02. The molecule has 0 saturated heterocycles. The molecule has 0 saturated carbocycles. The first kappa shape index (κ1) is 11.2. The summed E-state index contributed by atoms with van der Waals surface area (Å²) in [6.07, 6.45) is 1.31. The van der Waals surface area contributed by atoms with Crippen LogP contribution in [-0.2, 0) is 4.74 Å². The Labute approximate surface area is 68.5 Å². The van der Waals surface area contributed by atoms with Gasteiger partial charge in [0.25, 0.3) is 0 Å². The molecule has 12 heavy (non-hydrogen) atoms. The fourth-order valence-corrected chi connectivity index (χ4v) is 0.434. The number of alkyl halides is 3. The number of rotatable bonds is 4. The van der Waals surface area contributed by atoms with Crippen molar-refractivity contribution in [1.29, 1.82) is 0 Å². The van der Waals surface area contributed by atoms with Crippen molar-refractivity contribution in [3.05, 3.63) is 24.3 Å². The Bertz CT molecular complexity index is 163. The molecule has 0 aromatic heterocycles. The fraction of sp³-hybridized carbons (Fsp3) is 0.429. The van der Waals surface area contributed by atoms with Gasteiger partial charge in [0.1, 0.15) is 0 Å². The lowest BCUT2D eigenvalue weighted by Crippen LogP contribution is -2.12. The molecular weight excluding hydrogens is 171 g/mol. The van der Waals surface area contributed by atoms with E-state index in [1.165, 1.54) is 12.2 Å². The second-order valence-corrected chi connectivity index (χ2v) is 1.85. The van der Waals surface area contributed by atoms with Crippen molar-refractivity contribution in [3.8, 4) is 0 Å². The maximum absolute atomic E-state index is 11.3. The molecule has 0 aliphatic rings. The third-order valence-electron chi connectivity index (χ3n) is 0.863. The van der Waals surface area contributed by atoms with Crippen molar-refractivity contribution in [1.82, 2.24) is 0 Å². The van der Waals surface area contributed by atoms with Gasteiger partial charge in [-0.2, -0.15) is 0 Å². The van der Waals surface area contributed by atoms with Crippen molar-refractivity contribution >= 4 is 0 Å². The first-order valence-corrected chi connectivity index (χ1v) is 3.28. The number of nitrogens with two attached hydrogens (primary N) is 1. The lowest BCUT2D eigenvalue weighted by molar-refractivity contribution is -0.319. The van der Waals surface area contributed by atoms with E-state index in [4.69, 9.17) is 5.73 Å². The van der Waals surface area contributed by atoms with Gasteiger partial charge < -0.3 is 5.73 Å². The lowest BCUT2D eigenvalue weighted by atomic mass is 10.4. The Hall–Kier alpha value is -0.810. The third-order valence-corrected chi connectivity index (χ3v) is 0.863. The van der Waals surface area contributed by atoms with E-state index in [0.29, 0.717) is 6.54 Å². The number of hydrogen-bond acceptors (Lipinski definition) is 2. The van der Waals surface area contributed by atoms with E-state index in [1.807, 2.05) is 0 Å². The van der Waals surface area contributed by atoms with Crippen molar-refractivity contribution in [2.24, 2.45) is 5.73 Å². The average molecular weight is 181 g/mol. The van der Waals surface area contributed by atoms with Gasteiger partial charge in [0.2, 0.25) is 0 Å². The lowest BCUT2D eigenvalue weighted by Gasteiger charge is -2.02. The largest absolute Gasteiger partial charge is 0.522 e. The van der Waals surface area contributed by atoms with E-state index in [1.54, 1.807) is 12.2 Å². The highest BCUT2D eigenvalue weighted by Crippen LogP contribution is 2.15. The van der Waals surface area contributed by atoms with E-state index >= 15 is 0 Å². The monoisotopic (exact) mass is 181 g/mol. The minimum absolute atomic E-state index is 0.366. The van der Waals surface area contributed by atoms with Gasteiger partial charge in [0.05, 0.1) is 6.61 Å². The molecule has 2 N–H and O–H groups in total. The molecule has 0 unspecified atom stereocenters. The van der Waals surface area contributed by atoms with Crippen molar-refractivity contribution in [2.75, 3.05) is 13.2 Å². The van der Waals surface area contributed by atoms with Crippen LogP contribution in [0, 0.1) is 0 Å². The van der Waals surface area contributed by atoms with Gasteiger partial charge in [-0.1, -0.05) is 24.3 Å². The standard InChI is InChI=1S/C7H10F3NO/c8-7(9,10)12-6-4-2-1-3-5-11/h1-4H,5-6,11H2/b3-1-,4-2-. The number of halogens is 3. The molecule has 0 aromatic carbocycles. The predicted molar refractivity (Wildman–Crippen MR) is 39.3 cm³/mol. The summed E-state index contributed by atoms with van der Waals surface area (Å²) < 4.78 is 37.5. The molecule has 5 heteroatoms. The summed E-state index contributed by atoms with van der Waals surface area (Å²) in [5, 5.41) is 0. The number of ether oxygens (including phenoxy) is 1. The summed E-state index contributed by atoms with van der Waals surface area (Å²) in [5.41, 5.74) is 5.08. The Morgan fingerprint density at radius 3 is 2.25 bits per heavy atom. The van der Waals surface area contributed by atoms with Crippen LogP contribution in [0.3, 0.4) is 0 Å². The third kappa shape index (κ3) is 9.19. The van der Waals surface area contributed by atoms with Gasteiger partial charge in [0, 0.05) is 6.54 Å². The van der Waals surface area contributed by atoms with Crippen LogP contribution in [0.1, 0.15) is 0 Å². The molecule has 0 aliphatic carbocycles. The molecule has 0 aromatic rings. The minimum atomic E-state index is -4.55. The van der Waals surface area contributed by atoms with Crippen LogP contribution < -0.4 is 5.73 Å². The Balaban J connectivity index is 3.43. The first-order chi connectivity index (χ1) is 5.56. The molecule has 0 radical (unpaired) electrons. The van der Waals surface area contributed by atoms with Gasteiger partial charge in [-0.15, -0.1) is 13.2 Å². The van der Waals surface area contributed by atoms with Gasteiger partial charge in [-0.3, -0.25) is 4.74 Å². The molecule has 70 valence electrons. The zero-order valence-electron chi connectivity index (χ0n) is 6.34. The van der Waals surface area contributed by atoms with Crippen LogP contribution in [0.15, 0.2) is 24.3 Å². The van der Waals surface area contributed by atoms with Crippen LogP contribution in [0.2, 0.25) is 0 Å². The fourth-order valence-electron chi connectivity index (χ4n) is 0.434. The summed E-state index contributed by atoms with van der Waals surface area (Å²) in [7, 11) is 0. The van der Waals surface area contributed by atoms with Crippen LogP contribution in [-0.4, -0.2) is 19.5 Å². The van der Waals surface area contributed by atoms with Crippen LogP contribution >= 0.6 is 0 Å². The minimum Gasteiger partial charge on any atom is -0.327 e. The van der Waals surface area contributed by atoms with Gasteiger partial charge >= 0.3 is 6.36 Å². The summed E-state index contributed by atoms with van der Waals surface area (Å²) in [4.78, 5) is 0. The summed E-state index contributed by atoms with van der Waals surface area (Å²) in [6, 6.07) is 0. The van der Waals surface area contributed by atoms with Gasteiger partial charge in [-0.05, 0) is 0 Å². The quantitative estimate of drug-likeness (QED) is 0.668. The van der Waals surface area contributed by atoms with Crippen LogP contribution in [0.4, 0.5) is 13.2 Å². The van der Waals surface area contributed by atoms with Gasteiger partial charge in [0.15, 0.2) is 0 Å². The van der Waals surface area contributed by atoms with Gasteiger partial charge in [-0.25, -0.2) is 0 Å². The van der Waals surface area contributed by atoms with E-state index in [0.717, 1.165) is 0 Å². The van der Waals surface area contributed by atoms with E-state index < -0.39 is 13.0 Å². The van der Waals surface area contributed by atoms with E-state index in [-0.39, 0.29) is 0 Å². The smallest absolute Gasteiger partial charge is 0.327 e. The molecule has 0 rings (SSSR count). The molecule has 0 aliphatic heterocycles. The second kappa shape index (κ2) is 5.79. The molecule has 0 fully saturated rings. The number of allylic oxidation sites excluding steroid dienone is 2. The maximum Gasteiger partial charge on any atom is 0.522 e. The topological polar surface area (TPSA) is 35.2 Å². The molecule has 0 atom stereocenters. The predicted octanol–water partition coefficient (Wildman–Crippen LogP) is 1.59. The average Bonchev–Trinajstić information content (AvgIpc) is 1.94. The first-order valence-electron chi connectivity index (χ1n) is 3.28. The Morgan fingerprint density at radius 1 is 1.17 bits per heavy atom. The molecule has 0 heterocycles. The zero-order chi connectivity index (χ0) is 9.45. The highest BCUT2D eigenvalue weighted by atomic mass is 19.4.